The van der Waals surface area contributed by atoms with Crippen LogP contribution in [0.25, 0.3) is 0 Å². The summed E-state index contributed by atoms with van der Waals surface area (Å²) in [6, 6.07) is 8.78. The lowest BCUT2D eigenvalue weighted by atomic mass is 10.3. The number of amides is 1. The third kappa shape index (κ3) is 4.33. The molecule has 0 saturated heterocycles. The number of rotatable bonds is 5. The van der Waals surface area contributed by atoms with Gasteiger partial charge in [0.2, 0.25) is 0 Å². The van der Waals surface area contributed by atoms with E-state index in [2.05, 4.69) is 5.32 Å². The summed E-state index contributed by atoms with van der Waals surface area (Å²) in [5.74, 6) is 0.299. The lowest BCUT2D eigenvalue weighted by Gasteiger charge is -2.06. The monoisotopic (exact) mass is 219 g/mol. The van der Waals surface area contributed by atoms with Crippen molar-refractivity contribution in [3.8, 4) is 11.8 Å². The summed E-state index contributed by atoms with van der Waals surface area (Å²) >= 11 is 0. The number of nitrogen functional groups attached to an aromatic ring is 1. The molecule has 0 aliphatic carbocycles. The van der Waals surface area contributed by atoms with E-state index in [-0.39, 0.29) is 12.5 Å². The van der Waals surface area contributed by atoms with Gasteiger partial charge in [-0.2, -0.15) is 5.26 Å². The van der Waals surface area contributed by atoms with Crippen LogP contribution in [0.2, 0.25) is 0 Å². The second-order valence-corrected chi connectivity index (χ2v) is 3.12. The van der Waals surface area contributed by atoms with Gasteiger partial charge in [0.25, 0.3) is 5.91 Å². The van der Waals surface area contributed by atoms with Crippen LogP contribution in [0.15, 0.2) is 24.3 Å². The second-order valence-electron chi connectivity index (χ2n) is 3.12. The summed E-state index contributed by atoms with van der Waals surface area (Å²) in [5.41, 5.74) is 6.13. The van der Waals surface area contributed by atoms with Gasteiger partial charge in [-0.3, -0.25) is 4.79 Å². The molecule has 5 heteroatoms. The second kappa shape index (κ2) is 6.30. The lowest BCUT2D eigenvalue weighted by Crippen LogP contribution is -2.29. The Morgan fingerprint density at radius 2 is 2.38 bits per heavy atom. The SMILES string of the molecule is N#CCCNC(=O)COc1cccc(N)c1. The molecule has 1 amide bonds. The van der Waals surface area contributed by atoms with Gasteiger partial charge in [-0.15, -0.1) is 0 Å². The van der Waals surface area contributed by atoms with E-state index >= 15 is 0 Å². The Labute approximate surface area is 93.8 Å². The predicted molar refractivity (Wildman–Crippen MR) is 59.6 cm³/mol. The van der Waals surface area contributed by atoms with Crippen molar-refractivity contribution in [3.05, 3.63) is 24.3 Å². The number of carbonyl (C=O) groups is 1. The van der Waals surface area contributed by atoms with Crippen LogP contribution in [-0.2, 0) is 4.79 Å². The number of ether oxygens (including phenoxy) is 1. The third-order valence-electron chi connectivity index (χ3n) is 1.79. The quantitative estimate of drug-likeness (QED) is 0.563. The summed E-state index contributed by atoms with van der Waals surface area (Å²) in [6.45, 7) is 0.268. The maximum Gasteiger partial charge on any atom is 0.257 e. The van der Waals surface area contributed by atoms with Crippen molar-refractivity contribution in [3.63, 3.8) is 0 Å². The fourth-order valence-electron chi connectivity index (χ4n) is 1.06. The average Bonchev–Trinajstić information content (AvgIpc) is 2.27. The molecule has 0 bridgehead atoms. The van der Waals surface area contributed by atoms with E-state index in [1.165, 1.54) is 0 Å². The Balaban J connectivity index is 2.29. The maximum atomic E-state index is 11.2. The molecule has 0 fully saturated rings. The molecule has 0 atom stereocenters. The van der Waals surface area contributed by atoms with Crippen molar-refractivity contribution >= 4 is 11.6 Å². The highest BCUT2D eigenvalue weighted by Crippen LogP contribution is 2.13. The number of carbonyl (C=O) groups excluding carboxylic acids is 1. The zero-order valence-electron chi connectivity index (χ0n) is 8.77. The Hall–Kier alpha value is -2.22. The normalized spacial score (nSPS) is 9.19. The largest absolute Gasteiger partial charge is 0.484 e. The van der Waals surface area contributed by atoms with Crippen LogP contribution < -0.4 is 15.8 Å². The number of hydrogen-bond donors (Lipinski definition) is 2. The Morgan fingerprint density at radius 3 is 3.06 bits per heavy atom. The van der Waals surface area contributed by atoms with E-state index in [9.17, 15) is 4.79 Å². The van der Waals surface area contributed by atoms with Crippen LogP contribution in [0.3, 0.4) is 0 Å². The van der Waals surface area contributed by atoms with Crippen LogP contribution >= 0.6 is 0 Å². The summed E-state index contributed by atoms with van der Waals surface area (Å²) in [5, 5.41) is 10.8. The maximum absolute atomic E-state index is 11.2. The number of anilines is 1. The minimum absolute atomic E-state index is 0.0745. The molecule has 1 aromatic rings. The topological polar surface area (TPSA) is 88.1 Å². The van der Waals surface area contributed by atoms with E-state index in [0.717, 1.165) is 0 Å². The molecule has 0 spiro atoms. The standard InChI is InChI=1S/C11H13N3O2/c12-5-2-6-14-11(15)8-16-10-4-1-3-9(13)7-10/h1,3-4,7H,2,6,8,13H2,(H,14,15). The Bertz CT molecular complexity index is 398. The molecule has 0 unspecified atom stereocenters. The van der Waals surface area contributed by atoms with Crippen LogP contribution in [0.1, 0.15) is 6.42 Å². The highest BCUT2D eigenvalue weighted by molar-refractivity contribution is 5.77. The molecule has 1 rings (SSSR count). The first-order chi connectivity index (χ1) is 7.72. The zero-order valence-corrected chi connectivity index (χ0v) is 8.77. The van der Waals surface area contributed by atoms with Gasteiger partial charge in [0, 0.05) is 18.3 Å². The molecule has 84 valence electrons. The van der Waals surface area contributed by atoms with Crippen molar-refractivity contribution in [2.24, 2.45) is 0 Å². The van der Waals surface area contributed by atoms with E-state index in [1.807, 2.05) is 6.07 Å². The molecule has 16 heavy (non-hydrogen) atoms. The third-order valence-corrected chi connectivity index (χ3v) is 1.79. The number of nitrogens with one attached hydrogen (secondary N) is 1. The average molecular weight is 219 g/mol. The molecule has 0 aromatic heterocycles. The van der Waals surface area contributed by atoms with Crippen LogP contribution in [0.4, 0.5) is 5.69 Å². The first kappa shape index (κ1) is 11.9. The molecule has 5 nitrogen and oxygen atoms in total. The fraction of sp³-hybridized carbons (Fsp3) is 0.273. The van der Waals surface area contributed by atoms with Gasteiger partial charge in [-0.1, -0.05) is 6.07 Å². The van der Waals surface area contributed by atoms with Gasteiger partial charge in [0.05, 0.1) is 12.5 Å². The minimum Gasteiger partial charge on any atom is -0.484 e. The van der Waals surface area contributed by atoms with E-state index < -0.39 is 0 Å². The van der Waals surface area contributed by atoms with Crippen molar-refractivity contribution in [2.75, 3.05) is 18.9 Å². The smallest absolute Gasteiger partial charge is 0.257 e. The van der Waals surface area contributed by atoms with Gasteiger partial charge in [0.1, 0.15) is 5.75 Å². The molecule has 1 aromatic carbocycles. The van der Waals surface area contributed by atoms with Gasteiger partial charge in [0.15, 0.2) is 6.61 Å². The Morgan fingerprint density at radius 1 is 1.56 bits per heavy atom. The van der Waals surface area contributed by atoms with Gasteiger partial charge < -0.3 is 15.8 Å². The van der Waals surface area contributed by atoms with Crippen LogP contribution in [0.5, 0.6) is 5.75 Å². The van der Waals surface area contributed by atoms with Crippen molar-refractivity contribution < 1.29 is 9.53 Å². The summed E-state index contributed by atoms with van der Waals surface area (Å²) < 4.78 is 5.20. The lowest BCUT2D eigenvalue weighted by molar-refractivity contribution is -0.123. The Kier molecular flexibility index (Phi) is 4.67. The van der Waals surface area contributed by atoms with Gasteiger partial charge >= 0.3 is 0 Å². The summed E-state index contributed by atoms with van der Waals surface area (Å²) in [6.07, 6.45) is 0.296. The number of nitrogens with two attached hydrogens (primary N) is 1. The highest BCUT2D eigenvalue weighted by Gasteiger charge is 2.01. The number of benzene rings is 1. The molecular weight excluding hydrogens is 206 g/mol. The molecule has 0 saturated carbocycles. The first-order valence-corrected chi connectivity index (χ1v) is 4.84. The molecule has 0 aliphatic heterocycles. The molecular formula is C11H13N3O2. The molecule has 0 radical (unpaired) electrons. The zero-order chi connectivity index (χ0) is 11.8. The van der Waals surface area contributed by atoms with E-state index in [4.69, 9.17) is 15.7 Å². The molecule has 0 heterocycles. The van der Waals surface area contributed by atoms with Crippen LogP contribution in [0, 0.1) is 11.3 Å². The number of nitrogens with zero attached hydrogens (tertiary/aromatic N) is 1. The molecule has 0 aliphatic rings. The van der Waals surface area contributed by atoms with Gasteiger partial charge in [-0.25, -0.2) is 0 Å². The minimum atomic E-state index is -0.252. The van der Waals surface area contributed by atoms with Crippen molar-refractivity contribution in [1.29, 1.82) is 5.26 Å². The first-order valence-electron chi connectivity index (χ1n) is 4.84. The predicted octanol–water partition coefficient (Wildman–Crippen LogP) is 0.677. The van der Waals surface area contributed by atoms with E-state index in [1.54, 1.807) is 24.3 Å². The van der Waals surface area contributed by atoms with Crippen molar-refractivity contribution in [1.82, 2.24) is 5.32 Å². The van der Waals surface area contributed by atoms with Crippen LogP contribution in [-0.4, -0.2) is 19.1 Å². The van der Waals surface area contributed by atoms with Crippen molar-refractivity contribution in [2.45, 2.75) is 6.42 Å². The van der Waals surface area contributed by atoms with Gasteiger partial charge in [-0.05, 0) is 12.1 Å². The van der Waals surface area contributed by atoms with E-state index in [0.29, 0.717) is 24.4 Å². The highest BCUT2D eigenvalue weighted by atomic mass is 16.5. The fourth-order valence-corrected chi connectivity index (χ4v) is 1.06. The summed E-state index contributed by atoms with van der Waals surface area (Å²) in [7, 11) is 0. The molecule has 3 N–H and O–H groups in total. The number of nitriles is 1. The summed E-state index contributed by atoms with van der Waals surface area (Å²) in [4.78, 5) is 11.2. The number of hydrogen-bond acceptors (Lipinski definition) is 4.